The molecule has 4 nitrogen and oxygen atoms in total. The Morgan fingerprint density at radius 3 is 3.05 bits per heavy atom. The van der Waals surface area contributed by atoms with Gasteiger partial charge in [0.15, 0.2) is 0 Å². The molecule has 5 heteroatoms. The number of aryl methyl sites for hydroxylation is 1. The number of benzene rings is 1. The molecule has 3 rings (SSSR count). The summed E-state index contributed by atoms with van der Waals surface area (Å²) in [5.41, 5.74) is 2.01. The van der Waals surface area contributed by atoms with Gasteiger partial charge in [-0.15, -0.1) is 0 Å². The summed E-state index contributed by atoms with van der Waals surface area (Å²) < 4.78 is 19.0. The van der Waals surface area contributed by atoms with Crippen LogP contribution in [-0.4, -0.2) is 11.6 Å². The summed E-state index contributed by atoms with van der Waals surface area (Å²) in [6.45, 7) is 2.40. The predicted octanol–water partition coefficient (Wildman–Crippen LogP) is 3.34. The Kier molecular flexibility index (Phi) is 3.44. The van der Waals surface area contributed by atoms with Crippen molar-refractivity contribution in [1.82, 2.24) is 4.98 Å². The van der Waals surface area contributed by atoms with E-state index in [1.165, 1.54) is 12.1 Å². The summed E-state index contributed by atoms with van der Waals surface area (Å²) in [7, 11) is 0. The lowest BCUT2D eigenvalue weighted by Crippen LogP contribution is -2.21. The minimum absolute atomic E-state index is 0.0776. The molecule has 0 radical (unpaired) electrons. The fraction of sp³-hybridized carbons (Fsp3) is 0.250. The molecule has 0 spiro atoms. The van der Waals surface area contributed by atoms with E-state index >= 15 is 0 Å². The van der Waals surface area contributed by atoms with Crippen molar-refractivity contribution in [3.63, 3.8) is 0 Å². The van der Waals surface area contributed by atoms with Crippen LogP contribution in [0.25, 0.3) is 0 Å². The molecular formula is C16H14FN3O. The third kappa shape index (κ3) is 2.65. The van der Waals surface area contributed by atoms with Crippen LogP contribution in [-0.2, 0) is 0 Å². The first-order chi connectivity index (χ1) is 10.2. The zero-order chi connectivity index (χ0) is 14.8. The van der Waals surface area contributed by atoms with Crippen molar-refractivity contribution in [3.8, 4) is 11.8 Å². The topological polar surface area (TPSA) is 57.9 Å². The Morgan fingerprint density at radius 2 is 2.24 bits per heavy atom. The molecule has 0 saturated heterocycles. The maximum Gasteiger partial charge on any atom is 0.145 e. The van der Waals surface area contributed by atoms with E-state index in [4.69, 9.17) is 10.00 Å². The number of nitrogens with one attached hydrogen (secondary N) is 1. The van der Waals surface area contributed by atoms with E-state index in [-0.39, 0.29) is 11.9 Å². The van der Waals surface area contributed by atoms with Crippen LogP contribution in [0.2, 0.25) is 0 Å². The molecule has 0 amide bonds. The van der Waals surface area contributed by atoms with Gasteiger partial charge in [0.1, 0.15) is 29.1 Å². The third-order valence-corrected chi connectivity index (χ3v) is 3.54. The number of aromatic nitrogens is 1. The third-order valence-electron chi connectivity index (χ3n) is 3.54. The summed E-state index contributed by atoms with van der Waals surface area (Å²) in [5.74, 6) is 1.01. The van der Waals surface area contributed by atoms with E-state index in [9.17, 15) is 4.39 Å². The quantitative estimate of drug-likeness (QED) is 0.918. The van der Waals surface area contributed by atoms with Crippen molar-refractivity contribution < 1.29 is 9.13 Å². The molecule has 1 aromatic carbocycles. The molecule has 1 atom stereocenters. The zero-order valence-electron chi connectivity index (χ0n) is 11.6. The minimum atomic E-state index is -0.291. The summed E-state index contributed by atoms with van der Waals surface area (Å²) in [4.78, 5) is 4.27. The van der Waals surface area contributed by atoms with Crippen LogP contribution in [0.15, 0.2) is 30.3 Å². The maximum atomic E-state index is 13.4. The lowest BCUT2D eigenvalue weighted by atomic mass is 10.0. The van der Waals surface area contributed by atoms with Crippen LogP contribution >= 0.6 is 0 Å². The molecular weight excluding hydrogens is 269 g/mol. The number of anilines is 1. The largest absolute Gasteiger partial charge is 0.493 e. The number of ether oxygens (including phenoxy) is 1. The normalized spacial score (nSPS) is 16.5. The average Bonchev–Trinajstić information content (AvgIpc) is 2.50. The van der Waals surface area contributed by atoms with Gasteiger partial charge < -0.3 is 10.1 Å². The second kappa shape index (κ2) is 5.41. The molecule has 1 unspecified atom stereocenters. The molecule has 2 aromatic rings. The molecule has 0 fully saturated rings. The van der Waals surface area contributed by atoms with Gasteiger partial charge in [0.25, 0.3) is 0 Å². The minimum Gasteiger partial charge on any atom is -0.493 e. The highest BCUT2D eigenvalue weighted by atomic mass is 19.1. The number of fused-ring (bicyclic) bond motifs is 1. The molecule has 1 aliphatic heterocycles. The van der Waals surface area contributed by atoms with Gasteiger partial charge in [-0.05, 0) is 36.8 Å². The summed E-state index contributed by atoms with van der Waals surface area (Å²) in [5, 5.41) is 12.3. The number of halogens is 1. The SMILES string of the molecule is Cc1ccc(NC2CCOc3ccc(F)cc32)nc1C#N. The Balaban J connectivity index is 1.90. The van der Waals surface area contributed by atoms with Gasteiger partial charge in [0.2, 0.25) is 0 Å². The van der Waals surface area contributed by atoms with Gasteiger partial charge in [-0.2, -0.15) is 5.26 Å². The Labute approximate surface area is 122 Å². The lowest BCUT2D eigenvalue weighted by molar-refractivity contribution is 0.273. The number of nitriles is 1. The monoisotopic (exact) mass is 283 g/mol. The number of hydrogen-bond donors (Lipinski definition) is 1. The van der Waals surface area contributed by atoms with E-state index in [0.717, 1.165) is 11.1 Å². The van der Waals surface area contributed by atoms with E-state index in [2.05, 4.69) is 16.4 Å². The van der Waals surface area contributed by atoms with E-state index in [1.54, 1.807) is 6.07 Å². The first-order valence-corrected chi connectivity index (χ1v) is 6.74. The van der Waals surface area contributed by atoms with Crippen LogP contribution in [0.1, 0.15) is 29.3 Å². The van der Waals surface area contributed by atoms with E-state index in [0.29, 0.717) is 30.3 Å². The predicted molar refractivity (Wildman–Crippen MR) is 76.6 cm³/mol. The van der Waals surface area contributed by atoms with Gasteiger partial charge in [0.05, 0.1) is 12.6 Å². The molecule has 2 heterocycles. The van der Waals surface area contributed by atoms with Gasteiger partial charge in [0, 0.05) is 12.0 Å². The highest BCUT2D eigenvalue weighted by molar-refractivity contribution is 5.47. The van der Waals surface area contributed by atoms with Crippen molar-refractivity contribution in [1.29, 1.82) is 5.26 Å². The van der Waals surface area contributed by atoms with Gasteiger partial charge in [-0.1, -0.05) is 6.07 Å². The van der Waals surface area contributed by atoms with Crippen molar-refractivity contribution in [2.24, 2.45) is 0 Å². The van der Waals surface area contributed by atoms with E-state index < -0.39 is 0 Å². The van der Waals surface area contributed by atoms with Crippen molar-refractivity contribution in [2.75, 3.05) is 11.9 Å². The number of hydrogen-bond acceptors (Lipinski definition) is 4. The Bertz CT molecular complexity index is 724. The van der Waals surface area contributed by atoms with Gasteiger partial charge >= 0.3 is 0 Å². The maximum absolute atomic E-state index is 13.4. The van der Waals surface area contributed by atoms with Crippen LogP contribution < -0.4 is 10.1 Å². The number of nitrogens with zero attached hydrogens (tertiary/aromatic N) is 2. The van der Waals surface area contributed by atoms with Crippen LogP contribution in [0.4, 0.5) is 10.2 Å². The first kappa shape index (κ1) is 13.4. The summed E-state index contributed by atoms with van der Waals surface area (Å²) in [6.07, 6.45) is 0.716. The molecule has 0 bridgehead atoms. The fourth-order valence-corrected chi connectivity index (χ4v) is 2.42. The Morgan fingerprint density at radius 1 is 1.38 bits per heavy atom. The van der Waals surface area contributed by atoms with Crippen molar-refractivity contribution in [3.05, 3.63) is 53.0 Å². The van der Waals surface area contributed by atoms with Crippen LogP contribution in [0, 0.1) is 24.1 Å². The van der Waals surface area contributed by atoms with Gasteiger partial charge in [-0.3, -0.25) is 0 Å². The van der Waals surface area contributed by atoms with Crippen LogP contribution in [0.5, 0.6) is 5.75 Å². The highest BCUT2D eigenvalue weighted by Gasteiger charge is 2.22. The molecule has 106 valence electrons. The zero-order valence-corrected chi connectivity index (χ0v) is 11.6. The van der Waals surface area contributed by atoms with Crippen molar-refractivity contribution >= 4 is 5.82 Å². The molecule has 0 saturated carbocycles. The summed E-state index contributed by atoms with van der Waals surface area (Å²) in [6, 6.07) is 10.2. The van der Waals surface area contributed by atoms with Crippen LogP contribution in [0.3, 0.4) is 0 Å². The van der Waals surface area contributed by atoms with Crippen molar-refractivity contribution in [2.45, 2.75) is 19.4 Å². The summed E-state index contributed by atoms with van der Waals surface area (Å²) >= 11 is 0. The van der Waals surface area contributed by atoms with E-state index in [1.807, 2.05) is 19.1 Å². The van der Waals surface area contributed by atoms with Gasteiger partial charge in [-0.25, -0.2) is 9.37 Å². The average molecular weight is 283 g/mol. The second-order valence-corrected chi connectivity index (χ2v) is 4.99. The number of pyridine rings is 1. The smallest absolute Gasteiger partial charge is 0.145 e. The molecule has 1 aliphatic rings. The lowest BCUT2D eigenvalue weighted by Gasteiger charge is -2.27. The molecule has 1 aromatic heterocycles. The molecule has 0 aliphatic carbocycles. The Hall–Kier alpha value is -2.61. The molecule has 1 N–H and O–H groups in total. The fourth-order valence-electron chi connectivity index (χ4n) is 2.42. The standard InChI is InChI=1S/C16H14FN3O/c1-10-2-5-16(20-14(10)9-18)19-13-6-7-21-15-4-3-11(17)8-12(13)15/h2-5,8,13H,6-7H2,1H3,(H,19,20). The highest BCUT2D eigenvalue weighted by Crippen LogP contribution is 2.34. The molecule has 21 heavy (non-hydrogen) atoms. The number of rotatable bonds is 2. The second-order valence-electron chi connectivity index (χ2n) is 4.99. The first-order valence-electron chi connectivity index (χ1n) is 6.74.